The van der Waals surface area contributed by atoms with Crippen LogP contribution in [0.2, 0.25) is 0 Å². The molecule has 6 heteroatoms. The summed E-state index contributed by atoms with van der Waals surface area (Å²) < 4.78 is 5.17. The summed E-state index contributed by atoms with van der Waals surface area (Å²) >= 11 is 1.41. The summed E-state index contributed by atoms with van der Waals surface area (Å²) in [6.45, 7) is 2.48. The van der Waals surface area contributed by atoms with Gasteiger partial charge >= 0.3 is 5.97 Å². The molecular weight excluding hydrogens is 326 g/mol. The summed E-state index contributed by atoms with van der Waals surface area (Å²) in [5, 5.41) is 9.26. The number of carboxylic acid groups (broad SMARTS) is 1. The highest BCUT2D eigenvalue weighted by Gasteiger charge is 2.35. The van der Waals surface area contributed by atoms with Crippen LogP contribution >= 0.6 is 11.3 Å². The molecule has 1 atom stereocenters. The van der Waals surface area contributed by atoms with E-state index in [4.69, 9.17) is 4.74 Å². The predicted molar refractivity (Wildman–Crippen MR) is 92.7 cm³/mol. The largest absolute Gasteiger partial charge is 0.497 e. The van der Waals surface area contributed by atoms with Crippen LogP contribution in [0.3, 0.4) is 0 Å². The molecule has 1 saturated heterocycles. The van der Waals surface area contributed by atoms with Crippen molar-refractivity contribution in [2.24, 2.45) is 0 Å². The van der Waals surface area contributed by atoms with Crippen LogP contribution in [0.25, 0.3) is 11.1 Å². The molecule has 24 heavy (non-hydrogen) atoms. The van der Waals surface area contributed by atoms with E-state index in [9.17, 15) is 14.7 Å². The Morgan fingerprint density at radius 1 is 1.29 bits per heavy atom. The Morgan fingerprint density at radius 2 is 2.00 bits per heavy atom. The molecule has 126 valence electrons. The molecule has 0 radical (unpaired) electrons. The molecule has 2 heterocycles. The maximum absolute atomic E-state index is 12.7. The Hall–Kier alpha value is -2.34. The van der Waals surface area contributed by atoms with E-state index < -0.39 is 12.0 Å². The lowest BCUT2D eigenvalue weighted by Crippen LogP contribution is -2.40. The number of hydrogen-bond donors (Lipinski definition) is 1. The van der Waals surface area contributed by atoms with Gasteiger partial charge in [-0.1, -0.05) is 12.1 Å². The van der Waals surface area contributed by atoms with E-state index in [0.29, 0.717) is 17.8 Å². The molecule has 1 N–H and O–H groups in total. The normalized spacial score (nSPS) is 17.1. The predicted octanol–water partition coefficient (Wildman–Crippen LogP) is 3.42. The number of aryl methyl sites for hydroxylation is 1. The van der Waals surface area contributed by atoms with Gasteiger partial charge in [0.05, 0.1) is 12.0 Å². The van der Waals surface area contributed by atoms with Crippen molar-refractivity contribution < 1.29 is 19.4 Å². The number of carbonyl (C=O) groups excluding carboxylic acids is 1. The fraction of sp³-hybridized carbons (Fsp3) is 0.333. The SMILES string of the molecule is COc1ccc(-c2cc(C(=O)N3CCCC3C(=O)O)sc2C)cc1. The molecule has 5 nitrogen and oxygen atoms in total. The second-order valence-electron chi connectivity index (χ2n) is 5.80. The van der Waals surface area contributed by atoms with E-state index in [-0.39, 0.29) is 5.91 Å². The monoisotopic (exact) mass is 345 g/mol. The number of carbonyl (C=O) groups is 2. The summed E-state index contributed by atoms with van der Waals surface area (Å²) in [4.78, 5) is 27.1. The van der Waals surface area contributed by atoms with E-state index in [0.717, 1.165) is 28.2 Å². The van der Waals surface area contributed by atoms with Crippen LogP contribution in [-0.2, 0) is 4.79 Å². The highest BCUT2D eigenvalue weighted by Crippen LogP contribution is 2.33. The minimum atomic E-state index is -0.926. The number of amides is 1. The van der Waals surface area contributed by atoms with Gasteiger partial charge in [0.25, 0.3) is 5.91 Å². The highest BCUT2D eigenvalue weighted by molar-refractivity contribution is 7.14. The number of benzene rings is 1. The molecule has 2 aromatic rings. The number of aliphatic carboxylic acids is 1. The zero-order valence-corrected chi connectivity index (χ0v) is 14.4. The number of likely N-dealkylation sites (tertiary alicyclic amines) is 1. The van der Waals surface area contributed by atoms with Gasteiger partial charge in [-0.25, -0.2) is 4.79 Å². The van der Waals surface area contributed by atoms with Crippen molar-refractivity contribution in [3.05, 3.63) is 40.1 Å². The number of nitrogens with zero attached hydrogens (tertiary/aromatic N) is 1. The second-order valence-corrected chi connectivity index (χ2v) is 7.06. The molecule has 1 aromatic heterocycles. The van der Waals surface area contributed by atoms with E-state index in [1.165, 1.54) is 16.2 Å². The zero-order valence-electron chi connectivity index (χ0n) is 13.6. The molecule has 1 aliphatic rings. The fourth-order valence-electron chi connectivity index (χ4n) is 3.05. The molecule has 3 rings (SSSR count). The van der Waals surface area contributed by atoms with Crippen LogP contribution in [0.5, 0.6) is 5.75 Å². The van der Waals surface area contributed by atoms with Crippen molar-refractivity contribution in [3.8, 4) is 16.9 Å². The number of methoxy groups -OCH3 is 1. The molecule has 0 spiro atoms. The van der Waals surface area contributed by atoms with Crippen LogP contribution in [0, 0.1) is 6.92 Å². The van der Waals surface area contributed by atoms with Crippen LogP contribution < -0.4 is 4.74 Å². The van der Waals surface area contributed by atoms with E-state index in [1.54, 1.807) is 7.11 Å². The molecule has 1 amide bonds. The first kappa shape index (κ1) is 16.5. The Kier molecular flexibility index (Phi) is 4.57. The van der Waals surface area contributed by atoms with Crippen LogP contribution in [0.15, 0.2) is 30.3 Å². The molecule has 1 aliphatic heterocycles. The van der Waals surface area contributed by atoms with Crippen molar-refractivity contribution in [1.29, 1.82) is 0 Å². The number of carboxylic acids is 1. The van der Waals surface area contributed by atoms with Crippen LogP contribution in [0.4, 0.5) is 0 Å². The molecule has 1 fully saturated rings. The quantitative estimate of drug-likeness (QED) is 0.922. The smallest absolute Gasteiger partial charge is 0.326 e. The first-order valence-electron chi connectivity index (χ1n) is 7.80. The Balaban J connectivity index is 1.87. The number of ether oxygens (including phenoxy) is 1. The van der Waals surface area contributed by atoms with E-state index in [1.807, 2.05) is 37.3 Å². The van der Waals surface area contributed by atoms with E-state index in [2.05, 4.69) is 0 Å². The van der Waals surface area contributed by atoms with E-state index >= 15 is 0 Å². The van der Waals surface area contributed by atoms with Gasteiger partial charge in [-0.05, 0) is 49.1 Å². The summed E-state index contributed by atoms with van der Waals surface area (Å²) in [7, 11) is 1.62. The highest BCUT2D eigenvalue weighted by atomic mass is 32.1. The van der Waals surface area contributed by atoms with Crippen molar-refractivity contribution in [3.63, 3.8) is 0 Å². The van der Waals surface area contributed by atoms with Gasteiger partial charge in [-0.2, -0.15) is 0 Å². The number of thiophene rings is 1. The Morgan fingerprint density at radius 3 is 2.62 bits per heavy atom. The standard InChI is InChI=1S/C18H19NO4S/c1-11-14(12-5-7-13(23-2)8-6-12)10-16(24-11)17(20)19-9-3-4-15(19)18(21)22/h5-8,10,15H,3-4,9H2,1-2H3,(H,21,22). The third-order valence-corrected chi connectivity index (χ3v) is 5.37. The average Bonchev–Trinajstić information content (AvgIpc) is 3.21. The van der Waals surface area contributed by atoms with Crippen molar-refractivity contribution >= 4 is 23.2 Å². The van der Waals surface area contributed by atoms with Crippen LogP contribution in [-0.4, -0.2) is 41.6 Å². The molecule has 1 unspecified atom stereocenters. The number of rotatable bonds is 4. The lowest BCUT2D eigenvalue weighted by molar-refractivity contribution is -0.141. The first-order chi connectivity index (χ1) is 11.5. The van der Waals surface area contributed by atoms with Gasteiger partial charge in [-0.3, -0.25) is 4.79 Å². The van der Waals surface area contributed by atoms with Crippen molar-refractivity contribution in [2.45, 2.75) is 25.8 Å². The molecule has 0 bridgehead atoms. The van der Waals surface area contributed by atoms with Crippen molar-refractivity contribution in [2.75, 3.05) is 13.7 Å². The van der Waals surface area contributed by atoms with Gasteiger partial charge in [0.2, 0.25) is 0 Å². The van der Waals surface area contributed by atoms with Gasteiger partial charge in [0, 0.05) is 11.4 Å². The van der Waals surface area contributed by atoms with Crippen molar-refractivity contribution in [1.82, 2.24) is 4.90 Å². The second kappa shape index (κ2) is 6.65. The lowest BCUT2D eigenvalue weighted by atomic mass is 10.1. The minimum Gasteiger partial charge on any atom is -0.497 e. The molecule has 1 aromatic carbocycles. The summed E-state index contributed by atoms with van der Waals surface area (Å²) in [5.41, 5.74) is 2.01. The third-order valence-electron chi connectivity index (χ3n) is 4.33. The third kappa shape index (κ3) is 3.01. The lowest BCUT2D eigenvalue weighted by Gasteiger charge is -2.20. The average molecular weight is 345 g/mol. The van der Waals surface area contributed by atoms with Gasteiger partial charge in [0.15, 0.2) is 0 Å². The minimum absolute atomic E-state index is 0.187. The summed E-state index contributed by atoms with van der Waals surface area (Å²) in [6, 6.07) is 8.84. The van der Waals surface area contributed by atoms with Gasteiger partial charge < -0.3 is 14.7 Å². The Labute approximate surface area is 144 Å². The first-order valence-corrected chi connectivity index (χ1v) is 8.61. The molecule has 0 saturated carbocycles. The zero-order chi connectivity index (χ0) is 17.3. The summed E-state index contributed by atoms with van der Waals surface area (Å²) in [5.74, 6) is -0.332. The topological polar surface area (TPSA) is 66.8 Å². The number of hydrogen-bond acceptors (Lipinski definition) is 4. The van der Waals surface area contributed by atoms with Crippen LogP contribution in [0.1, 0.15) is 27.4 Å². The Bertz CT molecular complexity index is 766. The fourth-order valence-corrected chi connectivity index (χ4v) is 4.05. The van der Waals surface area contributed by atoms with Gasteiger partial charge in [0.1, 0.15) is 11.8 Å². The maximum Gasteiger partial charge on any atom is 0.326 e. The molecular formula is C18H19NO4S. The molecule has 0 aliphatic carbocycles. The summed E-state index contributed by atoms with van der Waals surface area (Å²) in [6.07, 6.45) is 1.26. The van der Waals surface area contributed by atoms with Gasteiger partial charge in [-0.15, -0.1) is 11.3 Å². The maximum atomic E-state index is 12.7.